The third-order valence-electron chi connectivity index (χ3n) is 14.2. The van der Waals surface area contributed by atoms with Gasteiger partial charge in [0.1, 0.15) is 69.4 Å². The zero-order valence-corrected chi connectivity index (χ0v) is 44.4. The molecule has 2 aliphatic rings. The smallest absolute Gasteiger partial charge is 0.328 e. The normalized spacial score (nSPS) is 18.2. The Morgan fingerprint density at radius 3 is 1.27 bits per heavy atom. The van der Waals surface area contributed by atoms with Crippen molar-refractivity contribution < 1.29 is 55.0 Å². The second-order valence-corrected chi connectivity index (χ2v) is 21.3. The number of alkyl halides is 2. The summed E-state index contributed by atoms with van der Waals surface area (Å²) < 4.78 is 109. The van der Waals surface area contributed by atoms with Gasteiger partial charge < -0.3 is 19.0 Å². The Balaban J connectivity index is 0.000000190. The molecule has 6 heterocycles. The molecule has 4 aromatic heterocycles. The second kappa shape index (κ2) is 21.6. The van der Waals surface area contributed by atoms with Gasteiger partial charge in [0, 0.05) is 107 Å². The molecule has 0 saturated heterocycles. The molecule has 78 heavy (non-hydrogen) atoms. The summed E-state index contributed by atoms with van der Waals surface area (Å²) in [4.78, 5) is 25.3. The van der Waals surface area contributed by atoms with Crippen LogP contribution in [0.25, 0.3) is 56.3 Å². The van der Waals surface area contributed by atoms with Crippen molar-refractivity contribution in [1.29, 1.82) is 0 Å². The number of fused-ring (bicyclic) bond motifs is 6. The number of furan rings is 2. The average molecular weight is 1080 g/mol. The molecule has 0 amide bonds. The fraction of sp³-hybridized carbons (Fsp3) is 0.333. The fourth-order valence-corrected chi connectivity index (χ4v) is 10.8. The maximum atomic E-state index is 15.6. The first-order valence-corrected chi connectivity index (χ1v) is 25.8. The van der Waals surface area contributed by atoms with Crippen LogP contribution in [0.1, 0.15) is 112 Å². The van der Waals surface area contributed by atoms with Gasteiger partial charge in [-0.3, -0.25) is 19.2 Å². The highest BCUT2D eigenvalue weighted by molar-refractivity contribution is 5.89. The van der Waals surface area contributed by atoms with Crippen molar-refractivity contribution >= 4 is 46.0 Å². The molecule has 4 atom stereocenters. The van der Waals surface area contributed by atoms with Crippen molar-refractivity contribution in [3.05, 3.63) is 166 Å². The Kier molecular flexibility index (Phi) is 15.3. The lowest BCUT2D eigenvalue weighted by Crippen LogP contribution is -2.48. The van der Waals surface area contributed by atoms with E-state index in [0.717, 1.165) is 106 Å². The van der Waals surface area contributed by atoms with Crippen LogP contribution in [0.4, 0.5) is 26.3 Å². The van der Waals surface area contributed by atoms with Gasteiger partial charge in [-0.1, -0.05) is 12.1 Å². The predicted molar refractivity (Wildman–Crippen MR) is 286 cm³/mol. The van der Waals surface area contributed by atoms with Crippen LogP contribution >= 0.6 is 0 Å². The highest BCUT2D eigenvalue weighted by atomic mass is 19.2. The van der Waals surface area contributed by atoms with Crippen molar-refractivity contribution in [2.75, 3.05) is 13.1 Å². The summed E-state index contributed by atoms with van der Waals surface area (Å²) in [5, 5.41) is 28.2. The number of aryl methyl sites for hydroxylation is 2. The van der Waals surface area contributed by atoms with Crippen LogP contribution in [-0.4, -0.2) is 88.0 Å². The first-order valence-electron chi connectivity index (χ1n) is 25.8. The van der Waals surface area contributed by atoms with Gasteiger partial charge in [0.05, 0.1) is 12.4 Å². The number of benzene rings is 4. The van der Waals surface area contributed by atoms with Crippen molar-refractivity contribution in [1.82, 2.24) is 29.4 Å². The Bertz CT molecular complexity index is 3350. The third kappa shape index (κ3) is 11.5. The van der Waals surface area contributed by atoms with Crippen molar-refractivity contribution in [2.45, 2.75) is 117 Å². The van der Waals surface area contributed by atoms with E-state index in [9.17, 15) is 18.4 Å². The maximum Gasteiger partial charge on any atom is 0.328 e. The SMILES string of the molecule is CCn1cc(-c2ccc3oc4c(c3c2)C[C@@H](C)N(CC(C)(C)F)[C@@H]4c2c(F)cc(/C=C/C(=O)O)cc2F)cn1.CCn1cc(-c2ccc3oc4c(c3c2)C[C@H](C)N(CC(C)(C)F)[C@H]4c2c(F)cc(/C=C/C(=O)O)cc2F)cn1. The van der Waals surface area contributed by atoms with E-state index in [2.05, 4.69) is 10.2 Å². The number of halogens is 6. The van der Waals surface area contributed by atoms with E-state index in [1.807, 2.05) is 85.9 Å². The molecule has 2 N–H and O–H groups in total. The molecule has 8 aromatic rings. The number of carboxylic acid groups (broad SMARTS) is 2. The minimum absolute atomic E-state index is 0.0690. The Morgan fingerprint density at radius 1 is 0.603 bits per heavy atom. The van der Waals surface area contributed by atoms with Gasteiger partial charge in [0.25, 0.3) is 0 Å². The van der Waals surface area contributed by atoms with Crippen LogP contribution in [0, 0.1) is 23.3 Å². The fourth-order valence-electron chi connectivity index (χ4n) is 10.8. The monoisotopic (exact) mass is 1070 g/mol. The van der Waals surface area contributed by atoms with E-state index >= 15 is 17.6 Å². The zero-order chi connectivity index (χ0) is 56.1. The molecule has 408 valence electrons. The summed E-state index contributed by atoms with van der Waals surface area (Å²) in [6.45, 7) is 14.9. The van der Waals surface area contributed by atoms with E-state index in [4.69, 9.17) is 19.0 Å². The number of aliphatic carboxylic acids is 2. The number of aromatic nitrogens is 4. The summed E-state index contributed by atoms with van der Waals surface area (Å²) in [7, 11) is 0. The lowest BCUT2D eigenvalue weighted by molar-refractivity contribution is -0.132. The number of carboxylic acids is 2. The summed E-state index contributed by atoms with van der Waals surface area (Å²) in [6.07, 6.45) is 12.4. The zero-order valence-electron chi connectivity index (χ0n) is 44.4. The molecule has 2 aliphatic heterocycles. The molecule has 10 rings (SSSR count). The minimum Gasteiger partial charge on any atom is -0.478 e. The first kappa shape index (κ1) is 55.1. The Morgan fingerprint density at radius 2 is 0.962 bits per heavy atom. The van der Waals surface area contributed by atoms with E-state index in [0.29, 0.717) is 35.5 Å². The largest absolute Gasteiger partial charge is 0.478 e. The van der Waals surface area contributed by atoms with Gasteiger partial charge >= 0.3 is 11.9 Å². The van der Waals surface area contributed by atoms with Gasteiger partial charge in [-0.2, -0.15) is 10.2 Å². The molecule has 0 unspecified atom stereocenters. The molecule has 18 heteroatoms. The van der Waals surface area contributed by atoms with Crippen molar-refractivity contribution in [3.63, 3.8) is 0 Å². The number of rotatable bonds is 14. The predicted octanol–water partition coefficient (Wildman–Crippen LogP) is 13.6. The number of hydrogen-bond acceptors (Lipinski definition) is 8. The van der Waals surface area contributed by atoms with E-state index in [1.54, 1.807) is 22.2 Å². The number of nitrogens with zero attached hydrogens (tertiary/aromatic N) is 6. The molecular formula is C60H60F6N6O6. The standard InChI is InChI=1S/2C30H30F3N3O3/c2*1-5-35-15-20(14-34-35)19-7-8-25-21(13-19)22-10-17(2)36(16-30(3,4)33)28(29(22)39-25)27-23(31)11-18(12-24(27)32)6-9-26(37)38/h2*6-9,11-15,17,28H,5,10,16H2,1-4H3,(H,37,38)/b2*9-6+/t2*17-,28-/m10/s1. The van der Waals surface area contributed by atoms with Gasteiger partial charge in [0.2, 0.25) is 0 Å². The summed E-state index contributed by atoms with van der Waals surface area (Å²) >= 11 is 0. The van der Waals surface area contributed by atoms with Crippen LogP contribution in [0.5, 0.6) is 0 Å². The maximum absolute atomic E-state index is 15.6. The minimum atomic E-state index is -1.64. The molecule has 0 bridgehead atoms. The van der Waals surface area contributed by atoms with Crippen LogP contribution in [0.3, 0.4) is 0 Å². The van der Waals surface area contributed by atoms with Crippen LogP contribution in [0.2, 0.25) is 0 Å². The molecule has 0 spiro atoms. The van der Waals surface area contributed by atoms with Gasteiger partial charge in [0.15, 0.2) is 0 Å². The molecule has 0 fully saturated rings. The van der Waals surface area contributed by atoms with Gasteiger partial charge in [-0.05, 0) is 151 Å². The van der Waals surface area contributed by atoms with Gasteiger partial charge in [-0.15, -0.1) is 0 Å². The van der Waals surface area contributed by atoms with E-state index in [1.165, 1.54) is 27.7 Å². The van der Waals surface area contributed by atoms with Crippen LogP contribution in [-0.2, 0) is 35.5 Å². The molecule has 0 radical (unpaired) electrons. The Hall–Kier alpha value is -7.70. The highest BCUT2D eigenvalue weighted by Gasteiger charge is 2.44. The summed E-state index contributed by atoms with van der Waals surface area (Å²) in [5.41, 5.74) is 2.91. The van der Waals surface area contributed by atoms with E-state index < -0.39 is 58.6 Å². The van der Waals surface area contributed by atoms with E-state index in [-0.39, 0.29) is 47.4 Å². The second-order valence-electron chi connectivity index (χ2n) is 21.3. The number of hydrogen-bond donors (Lipinski definition) is 2. The Labute approximate surface area is 446 Å². The topological polar surface area (TPSA) is 143 Å². The molecule has 0 aliphatic carbocycles. The average Bonchev–Trinajstić information content (AvgIpc) is 4.34. The molecule has 4 aromatic carbocycles. The quantitative estimate of drug-likeness (QED) is 0.0798. The highest BCUT2D eigenvalue weighted by Crippen LogP contribution is 2.48. The number of carbonyl (C=O) groups is 2. The summed E-state index contributed by atoms with van der Waals surface area (Å²) in [5.74, 6) is -5.16. The third-order valence-corrected chi connectivity index (χ3v) is 14.2. The van der Waals surface area contributed by atoms with Crippen LogP contribution < -0.4 is 0 Å². The molecular weight excluding hydrogens is 1010 g/mol. The van der Waals surface area contributed by atoms with Crippen molar-refractivity contribution in [2.24, 2.45) is 0 Å². The molecule has 12 nitrogen and oxygen atoms in total. The van der Waals surface area contributed by atoms with Crippen molar-refractivity contribution in [3.8, 4) is 22.3 Å². The lowest BCUT2D eigenvalue weighted by Gasteiger charge is -2.42. The molecule has 0 saturated carbocycles. The van der Waals surface area contributed by atoms with Crippen LogP contribution in [0.15, 0.2) is 106 Å². The summed E-state index contributed by atoms with van der Waals surface area (Å²) in [6, 6.07) is 13.3. The first-order chi connectivity index (χ1) is 36.9. The lowest BCUT2D eigenvalue weighted by atomic mass is 9.87. The van der Waals surface area contributed by atoms with Gasteiger partial charge in [-0.25, -0.2) is 35.9 Å².